The van der Waals surface area contributed by atoms with Gasteiger partial charge in [0, 0.05) is 11.6 Å². The molecule has 0 fully saturated rings. The van der Waals surface area contributed by atoms with Gasteiger partial charge in [-0.3, -0.25) is 15.6 Å². The van der Waals surface area contributed by atoms with Crippen LogP contribution in [0.2, 0.25) is 10.0 Å². The number of hydrogen-bond donors (Lipinski definition) is 3. The van der Waals surface area contributed by atoms with Crippen LogP contribution in [0.5, 0.6) is 5.75 Å². The Morgan fingerprint density at radius 2 is 2.10 bits per heavy atom. The SMILES string of the molecule is CCNC(=S)NNC(=O)C(C)Oc1ccc(Cl)cc1Cl. The van der Waals surface area contributed by atoms with E-state index in [4.69, 9.17) is 40.2 Å². The Morgan fingerprint density at radius 3 is 2.70 bits per heavy atom. The first-order valence-electron chi connectivity index (χ1n) is 5.89. The van der Waals surface area contributed by atoms with E-state index in [-0.39, 0.29) is 5.91 Å². The smallest absolute Gasteiger partial charge is 0.279 e. The molecule has 0 radical (unpaired) electrons. The molecule has 0 saturated heterocycles. The molecule has 0 aromatic heterocycles. The lowest BCUT2D eigenvalue weighted by molar-refractivity contribution is -0.127. The van der Waals surface area contributed by atoms with Gasteiger partial charge in [0.1, 0.15) is 5.75 Å². The maximum absolute atomic E-state index is 11.8. The fourth-order valence-corrected chi connectivity index (χ4v) is 1.89. The highest BCUT2D eigenvalue weighted by Gasteiger charge is 2.16. The van der Waals surface area contributed by atoms with Gasteiger partial charge in [0.05, 0.1) is 5.02 Å². The minimum Gasteiger partial charge on any atom is -0.479 e. The quantitative estimate of drug-likeness (QED) is 0.582. The lowest BCUT2D eigenvalue weighted by Gasteiger charge is -2.17. The molecule has 5 nitrogen and oxygen atoms in total. The van der Waals surface area contributed by atoms with Crippen molar-refractivity contribution in [3.63, 3.8) is 0 Å². The number of ether oxygens (including phenoxy) is 1. The van der Waals surface area contributed by atoms with Crippen molar-refractivity contribution in [1.82, 2.24) is 16.2 Å². The monoisotopic (exact) mass is 335 g/mol. The van der Waals surface area contributed by atoms with Gasteiger partial charge >= 0.3 is 0 Å². The van der Waals surface area contributed by atoms with Gasteiger partial charge in [-0.1, -0.05) is 23.2 Å². The fraction of sp³-hybridized carbons (Fsp3) is 0.333. The highest BCUT2D eigenvalue weighted by atomic mass is 35.5. The van der Waals surface area contributed by atoms with Gasteiger partial charge in [0.25, 0.3) is 5.91 Å². The maximum atomic E-state index is 11.8. The van der Waals surface area contributed by atoms with Crippen LogP contribution in [0, 0.1) is 0 Å². The number of rotatable bonds is 4. The summed E-state index contributed by atoms with van der Waals surface area (Å²) in [5.41, 5.74) is 4.99. The Bertz CT molecular complexity index is 500. The third-order valence-electron chi connectivity index (χ3n) is 2.20. The summed E-state index contributed by atoms with van der Waals surface area (Å²) in [6.07, 6.45) is -0.745. The molecule has 110 valence electrons. The van der Waals surface area contributed by atoms with Crippen LogP contribution in [0.1, 0.15) is 13.8 Å². The highest BCUT2D eigenvalue weighted by molar-refractivity contribution is 7.80. The van der Waals surface area contributed by atoms with Gasteiger partial charge in [-0.2, -0.15) is 0 Å². The number of benzene rings is 1. The zero-order valence-corrected chi connectivity index (χ0v) is 13.3. The Balaban J connectivity index is 2.51. The van der Waals surface area contributed by atoms with E-state index in [9.17, 15) is 4.79 Å². The van der Waals surface area contributed by atoms with Crippen LogP contribution < -0.4 is 20.9 Å². The Hall–Kier alpha value is -1.24. The van der Waals surface area contributed by atoms with Crippen LogP contribution >= 0.6 is 35.4 Å². The first kappa shape index (κ1) is 16.8. The Kier molecular flexibility index (Phi) is 6.84. The zero-order chi connectivity index (χ0) is 15.1. The van der Waals surface area contributed by atoms with E-state index in [2.05, 4.69) is 16.2 Å². The molecule has 8 heteroatoms. The zero-order valence-electron chi connectivity index (χ0n) is 11.0. The summed E-state index contributed by atoms with van der Waals surface area (Å²) in [7, 11) is 0. The highest BCUT2D eigenvalue weighted by Crippen LogP contribution is 2.28. The molecule has 0 aliphatic heterocycles. The van der Waals surface area contributed by atoms with Crippen molar-refractivity contribution in [3.05, 3.63) is 28.2 Å². The number of hydrogen-bond acceptors (Lipinski definition) is 3. The van der Waals surface area contributed by atoms with E-state index in [1.165, 1.54) is 0 Å². The van der Waals surface area contributed by atoms with Gasteiger partial charge in [0.2, 0.25) is 0 Å². The van der Waals surface area contributed by atoms with Crippen LogP contribution in [0.4, 0.5) is 0 Å². The lowest BCUT2D eigenvalue weighted by Crippen LogP contribution is -2.50. The molecule has 0 aliphatic rings. The molecule has 1 amide bonds. The number of amides is 1. The molecule has 1 rings (SSSR count). The van der Waals surface area contributed by atoms with Gasteiger partial charge in [-0.25, -0.2) is 0 Å². The first-order chi connectivity index (χ1) is 9.43. The predicted octanol–water partition coefficient (Wildman–Crippen LogP) is 2.28. The van der Waals surface area contributed by atoms with E-state index >= 15 is 0 Å². The third kappa shape index (κ3) is 5.40. The summed E-state index contributed by atoms with van der Waals surface area (Å²) in [5.74, 6) is 0.00393. The average Bonchev–Trinajstić information content (AvgIpc) is 2.39. The molecule has 0 aliphatic carbocycles. The molecule has 1 atom stereocenters. The average molecular weight is 336 g/mol. The normalized spacial score (nSPS) is 11.4. The lowest BCUT2D eigenvalue weighted by atomic mass is 10.3. The third-order valence-corrected chi connectivity index (χ3v) is 2.98. The minimum atomic E-state index is -0.745. The van der Waals surface area contributed by atoms with Crippen molar-refractivity contribution in [2.45, 2.75) is 20.0 Å². The molecule has 1 aromatic rings. The molecular weight excluding hydrogens is 321 g/mol. The van der Waals surface area contributed by atoms with E-state index < -0.39 is 6.10 Å². The van der Waals surface area contributed by atoms with Crippen LogP contribution in [0.3, 0.4) is 0 Å². The number of thiocarbonyl (C=S) groups is 1. The standard InChI is InChI=1S/C12H15Cl2N3O2S/c1-3-15-12(20)17-16-11(18)7(2)19-10-5-4-8(13)6-9(10)14/h4-7H,3H2,1-2H3,(H,16,18)(H2,15,17,20). The van der Waals surface area contributed by atoms with Crippen molar-refractivity contribution in [2.24, 2.45) is 0 Å². The fourth-order valence-electron chi connectivity index (χ4n) is 1.24. The minimum absolute atomic E-state index is 0.331. The number of carbonyl (C=O) groups excluding carboxylic acids is 1. The maximum Gasteiger partial charge on any atom is 0.279 e. The number of hydrazine groups is 1. The molecular formula is C12H15Cl2N3O2S. The molecule has 0 spiro atoms. The Labute approximate surface area is 132 Å². The van der Waals surface area contributed by atoms with Crippen molar-refractivity contribution >= 4 is 46.4 Å². The molecule has 0 saturated carbocycles. The topological polar surface area (TPSA) is 62.4 Å². The number of halogens is 2. The summed E-state index contributed by atoms with van der Waals surface area (Å²) in [5, 5.41) is 4.00. The molecule has 1 unspecified atom stereocenters. The summed E-state index contributed by atoms with van der Waals surface area (Å²) in [4.78, 5) is 11.8. The summed E-state index contributed by atoms with van der Waals surface area (Å²) in [6.45, 7) is 4.15. The predicted molar refractivity (Wildman–Crippen MR) is 84.1 cm³/mol. The van der Waals surface area contributed by atoms with Crippen LogP contribution in [-0.2, 0) is 4.79 Å². The van der Waals surface area contributed by atoms with Gasteiger partial charge in [0.15, 0.2) is 11.2 Å². The largest absolute Gasteiger partial charge is 0.479 e. The number of carbonyl (C=O) groups is 1. The number of nitrogens with one attached hydrogen (secondary N) is 3. The van der Waals surface area contributed by atoms with Crippen molar-refractivity contribution in [1.29, 1.82) is 0 Å². The molecule has 0 bridgehead atoms. The van der Waals surface area contributed by atoms with Crippen LogP contribution in [-0.4, -0.2) is 23.7 Å². The van der Waals surface area contributed by atoms with E-state index in [0.29, 0.717) is 27.5 Å². The molecule has 20 heavy (non-hydrogen) atoms. The van der Waals surface area contributed by atoms with E-state index in [1.807, 2.05) is 6.92 Å². The van der Waals surface area contributed by atoms with Gasteiger partial charge in [-0.15, -0.1) is 0 Å². The second-order valence-electron chi connectivity index (χ2n) is 3.81. The second-order valence-corrected chi connectivity index (χ2v) is 5.06. The first-order valence-corrected chi connectivity index (χ1v) is 7.05. The molecule has 1 aromatic carbocycles. The molecule has 3 N–H and O–H groups in total. The molecule has 0 heterocycles. The van der Waals surface area contributed by atoms with Crippen LogP contribution in [0.15, 0.2) is 18.2 Å². The van der Waals surface area contributed by atoms with Crippen molar-refractivity contribution in [2.75, 3.05) is 6.54 Å². The summed E-state index contributed by atoms with van der Waals surface area (Å²) in [6, 6.07) is 4.78. The van der Waals surface area contributed by atoms with Crippen molar-refractivity contribution in [3.8, 4) is 5.75 Å². The Morgan fingerprint density at radius 1 is 1.40 bits per heavy atom. The van der Waals surface area contributed by atoms with Crippen LogP contribution in [0.25, 0.3) is 0 Å². The van der Waals surface area contributed by atoms with E-state index in [1.54, 1.807) is 25.1 Å². The van der Waals surface area contributed by atoms with E-state index in [0.717, 1.165) is 0 Å². The summed E-state index contributed by atoms with van der Waals surface area (Å²) >= 11 is 16.6. The van der Waals surface area contributed by atoms with Gasteiger partial charge < -0.3 is 10.1 Å². The van der Waals surface area contributed by atoms with Gasteiger partial charge in [-0.05, 0) is 44.3 Å². The second kappa shape index (κ2) is 8.14. The summed E-state index contributed by atoms with van der Waals surface area (Å²) < 4.78 is 5.45. The van der Waals surface area contributed by atoms with Crippen molar-refractivity contribution < 1.29 is 9.53 Å².